The first-order valence-corrected chi connectivity index (χ1v) is 25.5. The Morgan fingerprint density at radius 1 is 0.729 bits per heavy atom. The fourth-order valence-corrected chi connectivity index (χ4v) is 10.1. The molecule has 70 heavy (non-hydrogen) atoms. The van der Waals surface area contributed by atoms with Crippen molar-refractivity contribution in [3.8, 4) is 0 Å². The zero-order valence-corrected chi connectivity index (χ0v) is 41.9. The number of carboxylic acid groups (broad SMARTS) is 1. The summed E-state index contributed by atoms with van der Waals surface area (Å²) in [5.74, 6) is -3.48. The number of halogens is 4. The molecule has 21 nitrogen and oxygen atoms in total. The van der Waals surface area contributed by atoms with E-state index in [4.69, 9.17) is 37.8 Å². The number of ether oxygens (including phenoxy) is 2. The third-order valence-corrected chi connectivity index (χ3v) is 13.8. The fourth-order valence-electron chi connectivity index (χ4n) is 8.40. The van der Waals surface area contributed by atoms with Gasteiger partial charge in [0.15, 0.2) is 23.3 Å². The number of carbonyl (C=O) groups excluding carboxylic acids is 3. The van der Waals surface area contributed by atoms with E-state index in [0.29, 0.717) is 50.8 Å². The van der Waals surface area contributed by atoms with Crippen molar-refractivity contribution in [1.29, 1.82) is 0 Å². The topological polar surface area (TPSA) is 263 Å². The summed E-state index contributed by atoms with van der Waals surface area (Å²) >= 11 is 14.9. The molecule has 1 unspecified atom stereocenters. The van der Waals surface area contributed by atoms with E-state index in [-0.39, 0.29) is 46.9 Å². The molecule has 0 aromatic carbocycles. The number of hydrogen-bond donors (Lipinski definition) is 7. The standard InChI is InChI=1S/C24H33ClFN7O4S.C19H25ClFN7O3S/c1-33(14-17-27-9-11-38-17)21-19(26)20(29-23(25)30-21)31-32-22(34)16(12-15-6-2-3-7-15)13-28-24(35)37-18-8-4-5-10-36-18;1-28(10-13-22-6-7-32-13)16-14(21)15(24-18(20)25-16)26-27-17(29)12(9-23-19(30)31)8-11-4-2-3-5-11/h9,11,15-16,18H,2-8,10,12-14H2,1H3,(H,28,35)(H,32,34)(H,29,30,31);6-7,11-12,23H,2-5,8-10H2,1H3,(H,27,29)(H,30,31)(H,24,25,26)/t16-,18?;12-/m11/s1. The number of hydrogen-bond acceptors (Lipinski definition) is 18. The molecule has 0 spiro atoms. The molecule has 382 valence electrons. The highest BCUT2D eigenvalue weighted by molar-refractivity contribution is 7.09. The molecular formula is C43H58Cl2F2N14O7S2. The van der Waals surface area contributed by atoms with Crippen molar-refractivity contribution in [1.82, 2.24) is 51.4 Å². The number of alkyl carbamates (subject to hydrolysis) is 1. The van der Waals surface area contributed by atoms with Crippen molar-refractivity contribution < 1.29 is 42.5 Å². The number of thiazole rings is 2. The van der Waals surface area contributed by atoms with Gasteiger partial charge in [0.05, 0.1) is 31.5 Å². The van der Waals surface area contributed by atoms with Gasteiger partial charge < -0.3 is 35.0 Å². The highest BCUT2D eigenvalue weighted by atomic mass is 35.5. The Labute approximate surface area is 421 Å². The third kappa shape index (κ3) is 16.8. The maximum atomic E-state index is 15.2. The highest BCUT2D eigenvalue weighted by Crippen LogP contribution is 2.32. The van der Waals surface area contributed by atoms with Gasteiger partial charge in [-0.2, -0.15) is 28.7 Å². The molecule has 3 atom stereocenters. The van der Waals surface area contributed by atoms with Crippen molar-refractivity contribution in [2.24, 2.45) is 23.7 Å². The second-order valence-electron chi connectivity index (χ2n) is 17.2. The van der Waals surface area contributed by atoms with Gasteiger partial charge in [0.25, 0.3) is 0 Å². The van der Waals surface area contributed by atoms with E-state index in [9.17, 15) is 19.2 Å². The van der Waals surface area contributed by atoms with Crippen LogP contribution in [0.1, 0.15) is 93.5 Å². The summed E-state index contributed by atoms with van der Waals surface area (Å²) in [6, 6.07) is 0. The van der Waals surface area contributed by atoms with Gasteiger partial charge >= 0.3 is 12.2 Å². The van der Waals surface area contributed by atoms with E-state index in [1.807, 2.05) is 10.8 Å². The minimum atomic E-state index is -1.20. The lowest BCUT2D eigenvalue weighted by atomic mass is 9.92. The van der Waals surface area contributed by atoms with Crippen LogP contribution >= 0.6 is 45.9 Å². The van der Waals surface area contributed by atoms with Gasteiger partial charge in [0.2, 0.25) is 40.3 Å². The summed E-state index contributed by atoms with van der Waals surface area (Å²) < 4.78 is 41.0. The Kier molecular flexibility index (Phi) is 20.9. The van der Waals surface area contributed by atoms with Crippen molar-refractivity contribution in [2.45, 2.75) is 103 Å². The van der Waals surface area contributed by atoms with Gasteiger partial charge in [0.1, 0.15) is 10.0 Å². The van der Waals surface area contributed by atoms with Crippen LogP contribution in [-0.2, 0) is 32.2 Å². The first kappa shape index (κ1) is 53.8. The van der Waals surface area contributed by atoms with Gasteiger partial charge in [-0.15, -0.1) is 22.7 Å². The zero-order valence-electron chi connectivity index (χ0n) is 38.7. The average Bonchev–Trinajstić information content (AvgIpc) is 4.21. The van der Waals surface area contributed by atoms with E-state index in [0.717, 1.165) is 74.2 Å². The lowest BCUT2D eigenvalue weighted by molar-refractivity contribution is -0.128. The third-order valence-electron chi connectivity index (χ3n) is 12.0. The Bertz CT molecular complexity index is 2310. The van der Waals surface area contributed by atoms with Crippen LogP contribution < -0.4 is 42.1 Å². The monoisotopic (exact) mass is 1050 g/mol. The van der Waals surface area contributed by atoms with Gasteiger partial charge in [-0.1, -0.05) is 51.4 Å². The predicted molar refractivity (Wildman–Crippen MR) is 260 cm³/mol. The average molecular weight is 1060 g/mol. The van der Waals surface area contributed by atoms with E-state index in [1.54, 1.807) is 31.4 Å². The summed E-state index contributed by atoms with van der Waals surface area (Å²) in [5, 5.41) is 18.7. The van der Waals surface area contributed by atoms with Gasteiger partial charge in [-0.3, -0.25) is 31.3 Å². The molecule has 4 aromatic rings. The normalized spacial score (nSPS) is 16.8. The van der Waals surface area contributed by atoms with Crippen LogP contribution in [0, 0.1) is 35.3 Å². The van der Waals surface area contributed by atoms with Crippen LogP contribution in [0.25, 0.3) is 0 Å². The number of nitrogens with one attached hydrogen (secondary N) is 6. The fraction of sp³-hybridized carbons (Fsp3) is 0.581. The first-order valence-electron chi connectivity index (χ1n) is 23.0. The maximum Gasteiger partial charge on any atom is 0.409 e. The van der Waals surface area contributed by atoms with E-state index >= 15 is 8.78 Å². The summed E-state index contributed by atoms with van der Waals surface area (Å²) in [4.78, 5) is 76.2. The number of aromatic nitrogens is 6. The Morgan fingerprint density at radius 3 is 1.60 bits per heavy atom. The number of anilines is 4. The molecule has 7 N–H and O–H groups in total. The van der Waals surface area contributed by atoms with E-state index in [2.05, 4.69) is 62.2 Å². The molecule has 0 bridgehead atoms. The summed E-state index contributed by atoms with van der Waals surface area (Å²) in [6.45, 7) is 1.24. The molecule has 4 aromatic heterocycles. The largest absolute Gasteiger partial charge is 0.465 e. The second-order valence-corrected chi connectivity index (χ2v) is 19.8. The Hall–Kier alpha value is -5.50. The van der Waals surface area contributed by atoms with E-state index < -0.39 is 53.8 Å². The molecule has 5 heterocycles. The molecule has 3 fully saturated rings. The summed E-state index contributed by atoms with van der Waals surface area (Å²) in [6.07, 6.45) is 13.1. The maximum absolute atomic E-state index is 15.2. The SMILES string of the molecule is CN(Cc1nccs1)c1nc(Cl)nc(NNC(=O)[C@@H](CNC(=O)O)CC2CCCC2)c1F.CN(Cc1nccs1)c1nc(Cl)nc(NNC(=O)[C@@H](CNC(=O)OC2CCCCO2)CC2CCCC2)c1F. The molecule has 27 heteroatoms. The Balaban J connectivity index is 0.000000233. The van der Waals surface area contributed by atoms with Crippen LogP contribution in [0.3, 0.4) is 0 Å². The lowest BCUT2D eigenvalue weighted by Crippen LogP contribution is -2.43. The molecule has 1 saturated heterocycles. The minimum absolute atomic E-state index is 0.0335. The molecule has 4 amide bonds. The van der Waals surface area contributed by atoms with Crippen molar-refractivity contribution in [3.63, 3.8) is 0 Å². The number of rotatable bonds is 21. The molecular weight excluding hydrogens is 998 g/mol. The molecule has 3 aliphatic rings. The first-order chi connectivity index (χ1) is 33.7. The summed E-state index contributed by atoms with van der Waals surface area (Å²) in [7, 11) is 3.30. The quantitative estimate of drug-likeness (QED) is 0.0314. The number of carbonyl (C=O) groups is 4. The van der Waals surface area contributed by atoms with E-state index in [1.165, 1.54) is 27.6 Å². The molecule has 1 aliphatic heterocycles. The van der Waals surface area contributed by atoms with Crippen molar-refractivity contribution >= 4 is 93.1 Å². The van der Waals surface area contributed by atoms with Crippen LogP contribution in [-0.4, -0.2) is 99.1 Å². The molecule has 0 radical (unpaired) electrons. The van der Waals surface area contributed by atoms with Crippen LogP contribution in [0.4, 0.5) is 41.6 Å². The number of amides is 4. The molecule has 2 saturated carbocycles. The van der Waals surface area contributed by atoms with Gasteiger partial charge in [0, 0.05) is 56.8 Å². The van der Waals surface area contributed by atoms with Gasteiger partial charge in [-0.05, 0) is 60.7 Å². The van der Waals surface area contributed by atoms with Gasteiger partial charge in [-0.25, -0.2) is 19.6 Å². The smallest absolute Gasteiger partial charge is 0.409 e. The molecule has 2 aliphatic carbocycles. The zero-order chi connectivity index (χ0) is 50.0. The minimum Gasteiger partial charge on any atom is -0.465 e. The van der Waals surface area contributed by atoms with Crippen molar-refractivity contribution in [2.75, 3.05) is 54.4 Å². The van der Waals surface area contributed by atoms with Crippen LogP contribution in [0.2, 0.25) is 10.6 Å². The predicted octanol–water partition coefficient (Wildman–Crippen LogP) is 7.52. The van der Waals surface area contributed by atoms with Crippen LogP contribution in [0.15, 0.2) is 23.2 Å². The summed E-state index contributed by atoms with van der Waals surface area (Å²) in [5.41, 5.74) is 10.00. The van der Waals surface area contributed by atoms with Crippen LogP contribution in [0.5, 0.6) is 0 Å². The molecule has 7 rings (SSSR count). The number of nitrogens with zero attached hydrogens (tertiary/aromatic N) is 8. The van der Waals surface area contributed by atoms with Crippen molar-refractivity contribution in [3.05, 3.63) is 55.4 Å². The Morgan fingerprint density at radius 2 is 1.19 bits per heavy atom. The lowest BCUT2D eigenvalue weighted by Gasteiger charge is -2.24. The highest BCUT2D eigenvalue weighted by Gasteiger charge is 2.29. The number of hydrazine groups is 2. The second kappa shape index (κ2) is 27.2.